The summed E-state index contributed by atoms with van der Waals surface area (Å²) >= 11 is 0. The number of carbonyl (C=O) groups excluding carboxylic acids is 1. The molecule has 0 N–H and O–H groups in total. The van der Waals surface area contributed by atoms with Crippen LogP contribution in [0, 0.1) is 0 Å². The van der Waals surface area contributed by atoms with Gasteiger partial charge in [-0.1, -0.05) is 18.2 Å². The highest BCUT2D eigenvalue weighted by molar-refractivity contribution is 6.62. The Hall–Kier alpha value is -1.57. The normalized spacial score (nSPS) is 25.5. The number of hydrogen-bond donors (Lipinski definition) is 0. The van der Waals surface area contributed by atoms with E-state index in [-0.39, 0.29) is 12.1 Å². The zero-order chi connectivity index (χ0) is 24.0. The zero-order valence-corrected chi connectivity index (χ0v) is 21.4. The molecule has 3 saturated heterocycles. The molecule has 1 unspecified atom stereocenters. The summed E-state index contributed by atoms with van der Waals surface area (Å²) < 4.78 is 24.1. The smallest absolute Gasteiger partial charge is 0.444 e. The number of amides is 1. The molecule has 3 aliphatic heterocycles. The Kier molecular flexibility index (Phi) is 6.62. The van der Waals surface area contributed by atoms with Gasteiger partial charge < -0.3 is 23.7 Å². The maximum Gasteiger partial charge on any atom is 0.494 e. The van der Waals surface area contributed by atoms with E-state index < -0.39 is 23.9 Å². The van der Waals surface area contributed by atoms with Gasteiger partial charge >= 0.3 is 13.2 Å². The van der Waals surface area contributed by atoms with Gasteiger partial charge in [-0.05, 0) is 96.7 Å². The second kappa shape index (κ2) is 8.90. The van der Waals surface area contributed by atoms with Crippen molar-refractivity contribution in [3.8, 4) is 0 Å². The summed E-state index contributed by atoms with van der Waals surface area (Å²) in [6.07, 6.45) is 3.67. The van der Waals surface area contributed by atoms with Gasteiger partial charge in [0.05, 0.1) is 17.2 Å². The molecule has 1 aromatic carbocycles. The largest absolute Gasteiger partial charge is 0.494 e. The second-order valence-electron chi connectivity index (χ2n) is 11.7. The molecule has 0 bridgehead atoms. The molecule has 182 valence electrons. The highest BCUT2D eigenvalue weighted by atomic mass is 16.7. The van der Waals surface area contributed by atoms with Crippen molar-refractivity contribution in [1.82, 2.24) is 4.90 Å². The lowest BCUT2D eigenvalue weighted by atomic mass is 9.75. The number of rotatable bonds is 3. The molecule has 1 amide bonds. The maximum atomic E-state index is 13.1. The summed E-state index contributed by atoms with van der Waals surface area (Å²) in [4.78, 5) is 15.0. The first-order chi connectivity index (χ1) is 15.4. The summed E-state index contributed by atoms with van der Waals surface area (Å²) in [5.41, 5.74) is 2.23. The lowest BCUT2D eigenvalue weighted by Crippen LogP contribution is -2.41. The molecule has 6 nitrogen and oxygen atoms in total. The van der Waals surface area contributed by atoms with E-state index in [0.717, 1.165) is 44.4 Å². The van der Waals surface area contributed by atoms with Crippen molar-refractivity contribution in [2.24, 2.45) is 0 Å². The molecular weight excluding hydrogens is 417 g/mol. The average Bonchev–Trinajstić information content (AvgIpc) is 3.29. The number of hydrogen-bond acceptors (Lipinski definition) is 5. The average molecular weight is 457 g/mol. The van der Waals surface area contributed by atoms with E-state index in [0.29, 0.717) is 12.5 Å². The third-order valence-electron chi connectivity index (χ3n) is 7.54. The van der Waals surface area contributed by atoms with Crippen molar-refractivity contribution in [1.29, 1.82) is 0 Å². The van der Waals surface area contributed by atoms with Crippen LogP contribution < -0.4 is 5.46 Å². The van der Waals surface area contributed by atoms with Crippen LogP contribution in [0.25, 0.3) is 0 Å². The first-order valence-corrected chi connectivity index (χ1v) is 12.4. The van der Waals surface area contributed by atoms with E-state index in [1.807, 2.05) is 25.7 Å². The fourth-order valence-electron chi connectivity index (χ4n) is 5.02. The van der Waals surface area contributed by atoms with Crippen molar-refractivity contribution < 1.29 is 23.6 Å². The topological polar surface area (TPSA) is 57.2 Å². The highest BCUT2D eigenvalue weighted by Crippen LogP contribution is 2.41. The molecule has 1 atom stereocenters. The summed E-state index contributed by atoms with van der Waals surface area (Å²) in [6.45, 7) is 16.3. The van der Waals surface area contributed by atoms with E-state index in [2.05, 4.69) is 45.9 Å². The molecule has 3 aliphatic rings. The molecular formula is C26H40BNO5. The Morgan fingerprint density at radius 1 is 1.03 bits per heavy atom. The van der Waals surface area contributed by atoms with Crippen LogP contribution in [0.2, 0.25) is 0 Å². The minimum Gasteiger partial charge on any atom is -0.444 e. The van der Waals surface area contributed by atoms with Crippen LogP contribution in [-0.2, 0) is 18.8 Å². The van der Waals surface area contributed by atoms with Crippen molar-refractivity contribution >= 4 is 18.7 Å². The molecule has 0 aliphatic carbocycles. The Bertz CT molecular complexity index is 856. The number of ether oxygens (including phenoxy) is 2. The van der Waals surface area contributed by atoms with Gasteiger partial charge in [-0.3, -0.25) is 0 Å². The predicted molar refractivity (Wildman–Crippen MR) is 130 cm³/mol. The fourth-order valence-corrected chi connectivity index (χ4v) is 5.02. The molecule has 0 radical (unpaired) electrons. The van der Waals surface area contributed by atoms with Crippen LogP contribution >= 0.6 is 0 Å². The number of benzene rings is 1. The predicted octanol–water partition coefficient (Wildman–Crippen LogP) is 4.95. The third-order valence-corrected chi connectivity index (χ3v) is 7.54. The van der Waals surface area contributed by atoms with Crippen LogP contribution in [-0.4, -0.2) is 54.7 Å². The minimum absolute atomic E-state index is 0.0000633. The van der Waals surface area contributed by atoms with E-state index in [9.17, 15) is 4.79 Å². The molecule has 0 spiro atoms. The van der Waals surface area contributed by atoms with Crippen LogP contribution in [0.15, 0.2) is 18.2 Å². The first-order valence-electron chi connectivity index (χ1n) is 12.4. The summed E-state index contributed by atoms with van der Waals surface area (Å²) in [7, 11) is -0.422. The fraction of sp³-hybridized carbons (Fsp3) is 0.731. The monoisotopic (exact) mass is 457 g/mol. The van der Waals surface area contributed by atoms with Gasteiger partial charge in [-0.2, -0.15) is 0 Å². The van der Waals surface area contributed by atoms with Crippen molar-refractivity contribution in [3.63, 3.8) is 0 Å². The van der Waals surface area contributed by atoms with Gasteiger partial charge in [0.25, 0.3) is 0 Å². The number of nitrogens with zero attached hydrogens (tertiary/aromatic N) is 1. The van der Waals surface area contributed by atoms with E-state index in [4.69, 9.17) is 18.8 Å². The summed E-state index contributed by atoms with van der Waals surface area (Å²) in [5.74, 6) is 0.433. The van der Waals surface area contributed by atoms with E-state index in [1.54, 1.807) is 0 Å². The van der Waals surface area contributed by atoms with Gasteiger partial charge in [0.15, 0.2) is 0 Å². The lowest BCUT2D eigenvalue weighted by Gasteiger charge is -2.32. The molecule has 7 heteroatoms. The third kappa shape index (κ3) is 5.10. The Morgan fingerprint density at radius 2 is 1.67 bits per heavy atom. The minimum atomic E-state index is -0.516. The van der Waals surface area contributed by atoms with Crippen LogP contribution in [0.4, 0.5) is 4.79 Å². The zero-order valence-electron chi connectivity index (χ0n) is 21.4. The number of carbonyl (C=O) groups is 1. The van der Waals surface area contributed by atoms with Crippen molar-refractivity contribution in [2.45, 2.75) is 103 Å². The van der Waals surface area contributed by atoms with E-state index in [1.165, 1.54) is 11.1 Å². The molecule has 33 heavy (non-hydrogen) atoms. The summed E-state index contributed by atoms with van der Waals surface area (Å²) in [6, 6.07) is 6.60. The number of likely N-dealkylation sites (tertiary alicyclic amines) is 1. The standard InChI is InChI=1S/C26H40BNO5/c1-24(2,3)31-23(29)28-14-8-9-22(28)21-17-19(27-32-25(4,5)26(6,7)33-27)10-11-20(21)18-12-15-30-16-13-18/h10-11,17-18,22H,8-9,12-16H2,1-7H3. The summed E-state index contributed by atoms with van der Waals surface area (Å²) in [5, 5.41) is 0. The molecule has 1 aromatic rings. The van der Waals surface area contributed by atoms with Gasteiger partial charge in [0, 0.05) is 19.8 Å². The lowest BCUT2D eigenvalue weighted by molar-refractivity contribution is 0.00578. The Labute approximate surface area is 199 Å². The maximum absolute atomic E-state index is 13.1. The highest BCUT2D eigenvalue weighted by Gasteiger charge is 2.52. The van der Waals surface area contributed by atoms with Crippen LogP contribution in [0.1, 0.15) is 97.2 Å². The molecule has 0 aromatic heterocycles. The van der Waals surface area contributed by atoms with Crippen molar-refractivity contribution in [2.75, 3.05) is 19.8 Å². The SMILES string of the molecule is CC(C)(C)OC(=O)N1CCCC1c1cc(B2OC(C)(C)C(C)(C)O2)ccc1C1CCOCC1. The van der Waals surface area contributed by atoms with Gasteiger partial charge in [-0.15, -0.1) is 0 Å². The molecule has 4 rings (SSSR count). The van der Waals surface area contributed by atoms with Gasteiger partial charge in [0.1, 0.15) is 5.60 Å². The van der Waals surface area contributed by atoms with Gasteiger partial charge in [-0.25, -0.2) is 4.79 Å². The molecule has 3 fully saturated rings. The Morgan fingerprint density at radius 3 is 2.27 bits per heavy atom. The second-order valence-corrected chi connectivity index (χ2v) is 11.7. The Balaban J connectivity index is 1.69. The van der Waals surface area contributed by atoms with Crippen LogP contribution in [0.5, 0.6) is 0 Å². The first kappa shape index (κ1) is 24.6. The van der Waals surface area contributed by atoms with Gasteiger partial charge in [0.2, 0.25) is 0 Å². The molecule has 0 saturated carbocycles. The molecule has 3 heterocycles. The van der Waals surface area contributed by atoms with Crippen molar-refractivity contribution in [3.05, 3.63) is 29.3 Å². The van der Waals surface area contributed by atoms with Crippen LogP contribution in [0.3, 0.4) is 0 Å². The van der Waals surface area contributed by atoms with E-state index >= 15 is 0 Å². The quantitative estimate of drug-likeness (QED) is 0.601.